The maximum absolute atomic E-state index is 14.5. The topological polar surface area (TPSA) is 35.5 Å². The van der Waals surface area contributed by atoms with E-state index in [0.717, 1.165) is 0 Å². The molecule has 0 fully saturated rings. The summed E-state index contributed by atoms with van der Waals surface area (Å²) in [4.78, 5) is 10.9. The normalized spacial score (nSPS) is 11.0. The van der Waals surface area contributed by atoms with Crippen LogP contribution in [0, 0.1) is 11.6 Å². The molecule has 0 aliphatic carbocycles. The zero-order valence-electron chi connectivity index (χ0n) is 13.0. The van der Waals surface area contributed by atoms with Crippen molar-refractivity contribution in [2.75, 3.05) is 13.2 Å². The number of ether oxygens (including phenoxy) is 2. The van der Waals surface area contributed by atoms with Crippen LogP contribution in [0.5, 0.6) is 0 Å². The van der Waals surface area contributed by atoms with Crippen LogP contribution in [0.4, 0.5) is 8.78 Å². The van der Waals surface area contributed by atoms with Crippen LogP contribution in [0.2, 0.25) is 0 Å². The first-order chi connectivity index (χ1) is 11.1. The first kappa shape index (κ1) is 17.2. The minimum absolute atomic E-state index is 0.0536. The van der Waals surface area contributed by atoms with Gasteiger partial charge >= 0.3 is 0 Å². The first-order valence-corrected chi connectivity index (χ1v) is 7.39. The summed E-state index contributed by atoms with van der Waals surface area (Å²) in [5.41, 5.74) is 0.964. The smallest absolute Gasteiger partial charge is 0.184 e. The van der Waals surface area contributed by atoms with Crippen molar-refractivity contribution in [3.8, 4) is 11.1 Å². The number of halogens is 2. The van der Waals surface area contributed by atoms with E-state index in [1.54, 1.807) is 19.9 Å². The van der Waals surface area contributed by atoms with Gasteiger partial charge < -0.3 is 9.47 Å². The average Bonchev–Trinajstić information content (AvgIpc) is 2.55. The second kappa shape index (κ2) is 7.94. The van der Waals surface area contributed by atoms with E-state index in [4.69, 9.17) is 9.47 Å². The molecule has 0 unspecified atom stereocenters. The van der Waals surface area contributed by atoms with E-state index >= 15 is 0 Å². The van der Waals surface area contributed by atoms with Gasteiger partial charge in [-0.25, -0.2) is 8.78 Å². The van der Waals surface area contributed by atoms with Gasteiger partial charge in [-0.2, -0.15) is 0 Å². The molecule has 0 atom stereocenters. The largest absolute Gasteiger partial charge is 0.349 e. The zero-order valence-corrected chi connectivity index (χ0v) is 13.0. The molecule has 0 saturated carbocycles. The van der Waals surface area contributed by atoms with Crippen LogP contribution in [0.3, 0.4) is 0 Å². The molecule has 0 aliphatic heterocycles. The van der Waals surface area contributed by atoms with Gasteiger partial charge in [0.15, 0.2) is 12.6 Å². The lowest BCUT2D eigenvalue weighted by molar-refractivity contribution is -0.140. The van der Waals surface area contributed by atoms with E-state index in [0.29, 0.717) is 30.6 Å². The molecule has 3 nitrogen and oxygen atoms in total. The van der Waals surface area contributed by atoms with E-state index < -0.39 is 17.9 Å². The molecule has 0 saturated heterocycles. The lowest BCUT2D eigenvalue weighted by Crippen LogP contribution is -2.11. The highest BCUT2D eigenvalue weighted by atomic mass is 19.1. The molecule has 0 aliphatic rings. The Bertz CT molecular complexity index is 680. The van der Waals surface area contributed by atoms with E-state index in [-0.39, 0.29) is 11.1 Å². The lowest BCUT2D eigenvalue weighted by atomic mass is 9.97. The summed E-state index contributed by atoms with van der Waals surface area (Å²) in [5.74, 6) is -1.12. The van der Waals surface area contributed by atoms with Crippen molar-refractivity contribution < 1.29 is 23.0 Å². The predicted octanol–water partition coefficient (Wildman–Crippen LogP) is 4.52. The number of carbonyl (C=O) groups excluding carboxylic acids is 1. The van der Waals surface area contributed by atoms with Crippen LogP contribution >= 0.6 is 0 Å². The summed E-state index contributed by atoms with van der Waals surface area (Å²) < 4.78 is 39.2. The number of hydrogen-bond donors (Lipinski definition) is 0. The molecule has 0 amide bonds. The van der Waals surface area contributed by atoms with Gasteiger partial charge in [0.25, 0.3) is 0 Å². The van der Waals surface area contributed by atoms with Gasteiger partial charge in [0.1, 0.15) is 11.6 Å². The van der Waals surface area contributed by atoms with Gasteiger partial charge in [-0.05, 0) is 37.6 Å². The summed E-state index contributed by atoms with van der Waals surface area (Å²) >= 11 is 0. The molecule has 5 heteroatoms. The lowest BCUT2D eigenvalue weighted by Gasteiger charge is -2.21. The summed E-state index contributed by atoms with van der Waals surface area (Å²) in [6.45, 7) is 4.30. The fourth-order valence-electron chi connectivity index (χ4n) is 2.35. The Kier molecular flexibility index (Phi) is 5.96. The molecule has 0 heterocycles. The van der Waals surface area contributed by atoms with Gasteiger partial charge in [0.05, 0.1) is 5.56 Å². The van der Waals surface area contributed by atoms with Gasteiger partial charge in [-0.15, -0.1) is 0 Å². The minimum Gasteiger partial charge on any atom is -0.349 e. The zero-order chi connectivity index (χ0) is 16.8. The Morgan fingerprint density at radius 2 is 1.74 bits per heavy atom. The molecule has 0 spiro atoms. The Balaban J connectivity index is 2.61. The van der Waals surface area contributed by atoms with Crippen LogP contribution in [-0.4, -0.2) is 19.5 Å². The standard InChI is InChI=1S/C18H18F2O3/c1-3-22-18(23-4-2)16-10-13(19)8-9-14(16)15-7-5-6-12(11-21)17(15)20/h5-11,18H,3-4H2,1-2H3. The molecule has 0 radical (unpaired) electrons. The summed E-state index contributed by atoms with van der Waals surface area (Å²) in [7, 11) is 0. The van der Waals surface area contributed by atoms with Crippen LogP contribution in [-0.2, 0) is 9.47 Å². The van der Waals surface area contributed by atoms with E-state index in [2.05, 4.69) is 0 Å². The third-order valence-electron chi connectivity index (χ3n) is 3.35. The van der Waals surface area contributed by atoms with Gasteiger partial charge in [0.2, 0.25) is 0 Å². The summed E-state index contributed by atoms with van der Waals surface area (Å²) in [6, 6.07) is 8.46. The van der Waals surface area contributed by atoms with E-state index in [1.807, 2.05) is 0 Å². The minimum atomic E-state index is -0.810. The molecular formula is C18H18F2O3. The van der Waals surface area contributed by atoms with Crippen molar-refractivity contribution in [1.29, 1.82) is 0 Å². The number of hydrogen-bond acceptors (Lipinski definition) is 3. The molecule has 0 aromatic heterocycles. The van der Waals surface area contributed by atoms with Crippen LogP contribution < -0.4 is 0 Å². The SMILES string of the molecule is CCOC(OCC)c1cc(F)ccc1-c1cccc(C=O)c1F. The van der Waals surface area contributed by atoms with Crippen molar-refractivity contribution in [2.24, 2.45) is 0 Å². The van der Waals surface area contributed by atoms with Gasteiger partial charge in [-0.1, -0.05) is 18.2 Å². The fraction of sp³-hybridized carbons (Fsp3) is 0.278. The summed E-state index contributed by atoms with van der Waals surface area (Å²) in [6.07, 6.45) is -0.361. The fourth-order valence-corrected chi connectivity index (χ4v) is 2.35. The average molecular weight is 320 g/mol. The van der Waals surface area contributed by atoms with Crippen LogP contribution in [0.15, 0.2) is 36.4 Å². The van der Waals surface area contributed by atoms with Crippen molar-refractivity contribution in [3.63, 3.8) is 0 Å². The molecule has 2 rings (SSSR count). The summed E-state index contributed by atoms with van der Waals surface area (Å²) in [5, 5.41) is 0. The second-order valence-corrected chi connectivity index (χ2v) is 4.80. The molecular weight excluding hydrogens is 302 g/mol. The number of aldehydes is 1. The number of rotatable bonds is 7. The maximum atomic E-state index is 14.5. The highest BCUT2D eigenvalue weighted by Crippen LogP contribution is 2.33. The van der Waals surface area contributed by atoms with Crippen LogP contribution in [0.25, 0.3) is 11.1 Å². The molecule has 0 bridgehead atoms. The van der Waals surface area contributed by atoms with E-state index in [1.165, 1.54) is 30.3 Å². The maximum Gasteiger partial charge on any atom is 0.184 e. The Hall–Kier alpha value is -2.11. The Morgan fingerprint density at radius 3 is 2.35 bits per heavy atom. The molecule has 23 heavy (non-hydrogen) atoms. The second-order valence-electron chi connectivity index (χ2n) is 4.80. The highest BCUT2D eigenvalue weighted by molar-refractivity contribution is 5.80. The highest BCUT2D eigenvalue weighted by Gasteiger charge is 2.20. The van der Waals surface area contributed by atoms with Crippen molar-refractivity contribution in [1.82, 2.24) is 0 Å². The third kappa shape index (κ3) is 3.81. The molecule has 2 aromatic rings. The predicted molar refractivity (Wildman–Crippen MR) is 83.2 cm³/mol. The number of benzene rings is 2. The third-order valence-corrected chi connectivity index (χ3v) is 3.35. The van der Waals surface area contributed by atoms with Gasteiger partial charge in [0, 0.05) is 24.3 Å². The van der Waals surface area contributed by atoms with Crippen molar-refractivity contribution in [3.05, 3.63) is 59.2 Å². The number of carbonyl (C=O) groups is 1. The Morgan fingerprint density at radius 1 is 1.04 bits per heavy atom. The van der Waals surface area contributed by atoms with E-state index in [9.17, 15) is 13.6 Å². The molecule has 0 N–H and O–H groups in total. The monoisotopic (exact) mass is 320 g/mol. The van der Waals surface area contributed by atoms with Crippen molar-refractivity contribution >= 4 is 6.29 Å². The quantitative estimate of drug-likeness (QED) is 0.556. The molecule has 2 aromatic carbocycles. The first-order valence-electron chi connectivity index (χ1n) is 7.39. The molecule has 122 valence electrons. The van der Waals surface area contributed by atoms with Gasteiger partial charge in [-0.3, -0.25) is 4.79 Å². The van der Waals surface area contributed by atoms with Crippen LogP contribution in [0.1, 0.15) is 36.1 Å². The van der Waals surface area contributed by atoms with Crippen molar-refractivity contribution in [2.45, 2.75) is 20.1 Å². The Labute approximate surface area is 133 Å².